The number of nitrogens with one attached hydrogen (secondary N) is 1. The van der Waals surface area contributed by atoms with Crippen molar-refractivity contribution >= 4 is 11.9 Å². The average molecular weight is 361 g/mol. The van der Waals surface area contributed by atoms with E-state index in [-0.39, 0.29) is 24.6 Å². The van der Waals surface area contributed by atoms with Gasteiger partial charge in [0.2, 0.25) is 12.0 Å². The molecule has 1 atom stereocenters. The van der Waals surface area contributed by atoms with E-state index in [9.17, 15) is 19.1 Å². The van der Waals surface area contributed by atoms with Crippen LogP contribution in [0.2, 0.25) is 0 Å². The Balaban J connectivity index is 1.85. The summed E-state index contributed by atoms with van der Waals surface area (Å²) in [6.07, 6.45) is -0.619. The number of hydrogen-bond acceptors (Lipinski definition) is 4. The zero-order valence-electron chi connectivity index (χ0n) is 14.3. The lowest BCUT2D eigenvalue weighted by Gasteiger charge is -2.16. The van der Waals surface area contributed by atoms with Crippen LogP contribution in [-0.4, -0.2) is 36.7 Å². The van der Waals surface area contributed by atoms with Crippen LogP contribution in [0, 0.1) is 5.82 Å². The van der Waals surface area contributed by atoms with Gasteiger partial charge >= 0.3 is 5.97 Å². The zero-order valence-corrected chi connectivity index (χ0v) is 14.3. The second-order valence-corrected chi connectivity index (χ2v) is 5.51. The largest absolute Gasteiger partial charge is 0.496 e. The molecule has 0 aromatic heterocycles. The molecule has 1 amide bonds. The molecule has 0 aliphatic carbocycles. The Morgan fingerprint density at radius 3 is 2.50 bits per heavy atom. The van der Waals surface area contributed by atoms with Gasteiger partial charge in [-0.25, -0.2) is 9.18 Å². The van der Waals surface area contributed by atoms with Gasteiger partial charge in [0.1, 0.15) is 17.3 Å². The van der Waals surface area contributed by atoms with Crippen LogP contribution >= 0.6 is 0 Å². The number of carboxylic acid groups (broad SMARTS) is 1. The number of ether oxygens (including phenoxy) is 2. The average Bonchev–Trinajstić information content (AvgIpc) is 2.64. The maximum atomic E-state index is 12.9. The number of benzene rings is 2. The van der Waals surface area contributed by atoms with Crippen molar-refractivity contribution < 1.29 is 28.6 Å². The molecule has 6 nitrogen and oxygen atoms in total. The van der Waals surface area contributed by atoms with Gasteiger partial charge in [-0.3, -0.25) is 4.79 Å². The van der Waals surface area contributed by atoms with E-state index in [0.717, 1.165) is 5.56 Å². The lowest BCUT2D eigenvalue weighted by atomic mass is 10.1. The monoisotopic (exact) mass is 361 g/mol. The first-order chi connectivity index (χ1) is 12.5. The van der Waals surface area contributed by atoms with Crippen molar-refractivity contribution in [2.24, 2.45) is 0 Å². The molecule has 0 spiro atoms. The normalized spacial score (nSPS) is 11.5. The number of carboxylic acids is 1. The molecule has 0 bridgehead atoms. The number of amides is 1. The minimum Gasteiger partial charge on any atom is -0.496 e. The summed E-state index contributed by atoms with van der Waals surface area (Å²) in [5, 5.41) is 11.8. The van der Waals surface area contributed by atoms with Gasteiger partial charge in [-0.1, -0.05) is 18.2 Å². The highest BCUT2D eigenvalue weighted by atomic mass is 19.1. The zero-order chi connectivity index (χ0) is 18.9. The predicted octanol–water partition coefficient (Wildman–Crippen LogP) is 2.42. The van der Waals surface area contributed by atoms with Crippen LogP contribution in [0.25, 0.3) is 0 Å². The molecule has 0 aliphatic heterocycles. The van der Waals surface area contributed by atoms with Crippen molar-refractivity contribution in [1.29, 1.82) is 0 Å². The van der Waals surface area contributed by atoms with Crippen LogP contribution in [0.3, 0.4) is 0 Å². The SMILES string of the molecule is COc1ccccc1CCC(=O)NCC(Oc1ccc(F)cc1)C(=O)O. The predicted molar refractivity (Wildman–Crippen MR) is 92.8 cm³/mol. The fraction of sp³-hybridized carbons (Fsp3) is 0.263. The van der Waals surface area contributed by atoms with Gasteiger partial charge in [-0.05, 0) is 42.3 Å². The van der Waals surface area contributed by atoms with Crippen LogP contribution in [0.1, 0.15) is 12.0 Å². The molecule has 138 valence electrons. The molecule has 2 aromatic rings. The van der Waals surface area contributed by atoms with E-state index in [1.165, 1.54) is 24.3 Å². The van der Waals surface area contributed by atoms with Crippen LogP contribution in [0.4, 0.5) is 4.39 Å². The lowest BCUT2D eigenvalue weighted by Crippen LogP contribution is -2.40. The van der Waals surface area contributed by atoms with Gasteiger partial charge in [0, 0.05) is 6.42 Å². The first kappa shape index (κ1) is 19.2. The third kappa shape index (κ3) is 5.77. The first-order valence-electron chi connectivity index (χ1n) is 8.03. The number of methoxy groups -OCH3 is 1. The van der Waals surface area contributed by atoms with E-state index in [2.05, 4.69) is 5.32 Å². The Morgan fingerprint density at radius 2 is 1.85 bits per heavy atom. The summed E-state index contributed by atoms with van der Waals surface area (Å²) < 4.78 is 23.4. The van der Waals surface area contributed by atoms with Gasteiger partial charge in [-0.15, -0.1) is 0 Å². The summed E-state index contributed by atoms with van der Waals surface area (Å²) in [6.45, 7) is -0.197. The minimum atomic E-state index is -1.27. The fourth-order valence-corrected chi connectivity index (χ4v) is 2.31. The molecular formula is C19H20FNO5. The van der Waals surface area contributed by atoms with Crippen molar-refractivity contribution in [2.45, 2.75) is 18.9 Å². The van der Waals surface area contributed by atoms with Crippen molar-refractivity contribution in [2.75, 3.05) is 13.7 Å². The molecule has 26 heavy (non-hydrogen) atoms. The van der Waals surface area contributed by atoms with Gasteiger partial charge in [0.15, 0.2) is 0 Å². The van der Waals surface area contributed by atoms with Gasteiger partial charge in [0.25, 0.3) is 0 Å². The molecule has 0 aliphatic rings. The minimum absolute atomic E-state index is 0.184. The van der Waals surface area contributed by atoms with Gasteiger partial charge < -0.3 is 19.9 Å². The summed E-state index contributed by atoms with van der Waals surface area (Å²) in [4.78, 5) is 23.3. The molecule has 0 fully saturated rings. The lowest BCUT2D eigenvalue weighted by molar-refractivity contribution is -0.145. The van der Waals surface area contributed by atoms with E-state index in [1.54, 1.807) is 7.11 Å². The summed E-state index contributed by atoms with van der Waals surface area (Å²) >= 11 is 0. The smallest absolute Gasteiger partial charge is 0.346 e. The second kappa shape index (κ2) is 9.41. The van der Waals surface area contributed by atoms with E-state index < -0.39 is 17.9 Å². The highest BCUT2D eigenvalue weighted by Crippen LogP contribution is 2.18. The fourth-order valence-electron chi connectivity index (χ4n) is 2.31. The Hall–Kier alpha value is -3.09. The van der Waals surface area contributed by atoms with Crippen molar-refractivity contribution in [3.63, 3.8) is 0 Å². The third-order valence-corrected chi connectivity index (χ3v) is 3.67. The topological polar surface area (TPSA) is 84.9 Å². The standard InChI is InChI=1S/C19H20FNO5/c1-25-16-5-3-2-4-13(16)6-11-18(22)21-12-17(19(23)24)26-15-9-7-14(20)8-10-15/h2-5,7-10,17H,6,11-12H2,1H3,(H,21,22)(H,23,24). The Labute approximate surface area is 150 Å². The molecule has 0 saturated heterocycles. The summed E-state index contributed by atoms with van der Waals surface area (Å²) in [7, 11) is 1.56. The third-order valence-electron chi connectivity index (χ3n) is 3.67. The molecule has 2 aromatic carbocycles. The molecule has 2 rings (SSSR count). The summed E-state index contributed by atoms with van der Waals surface area (Å²) in [5.74, 6) is -1.07. The molecular weight excluding hydrogens is 341 g/mol. The van der Waals surface area contributed by atoms with E-state index in [0.29, 0.717) is 12.2 Å². The Bertz CT molecular complexity index is 748. The number of para-hydroxylation sites is 1. The maximum Gasteiger partial charge on any atom is 0.346 e. The van der Waals surface area contributed by atoms with E-state index in [4.69, 9.17) is 9.47 Å². The van der Waals surface area contributed by atoms with Crippen molar-refractivity contribution in [3.8, 4) is 11.5 Å². The molecule has 2 N–H and O–H groups in total. The molecule has 0 heterocycles. The summed E-state index contributed by atoms with van der Waals surface area (Å²) in [5.41, 5.74) is 0.891. The van der Waals surface area contributed by atoms with Crippen molar-refractivity contribution in [3.05, 3.63) is 59.9 Å². The first-order valence-corrected chi connectivity index (χ1v) is 8.03. The highest BCUT2D eigenvalue weighted by Gasteiger charge is 2.20. The van der Waals surface area contributed by atoms with Gasteiger partial charge in [0.05, 0.1) is 13.7 Å². The van der Waals surface area contributed by atoms with Crippen LogP contribution < -0.4 is 14.8 Å². The number of hydrogen-bond donors (Lipinski definition) is 2. The Kier molecular flexibility index (Phi) is 6.96. The molecule has 7 heteroatoms. The summed E-state index contributed by atoms with van der Waals surface area (Å²) in [6, 6.07) is 12.4. The quantitative estimate of drug-likeness (QED) is 0.716. The number of aliphatic carboxylic acids is 1. The molecule has 1 unspecified atom stereocenters. The highest BCUT2D eigenvalue weighted by molar-refractivity contribution is 5.78. The number of carbonyl (C=O) groups is 2. The van der Waals surface area contributed by atoms with Crippen molar-refractivity contribution in [1.82, 2.24) is 5.32 Å². The second-order valence-electron chi connectivity index (χ2n) is 5.51. The Morgan fingerprint density at radius 1 is 1.15 bits per heavy atom. The number of carbonyl (C=O) groups excluding carboxylic acids is 1. The maximum absolute atomic E-state index is 12.9. The number of aryl methyl sites for hydroxylation is 1. The molecule has 0 radical (unpaired) electrons. The van der Waals surface area contributed by atoms with E-state index >= 15 is 0 Å². The van der Waals surface area contributed by atoms with Crippen LogP contribution in [0.15, 0.2) is 48.5 Å². The number of rotatable bonds is 9. The van der Waals surface area contributed by atoms with Crippen LogP contribution in [0.5, 0.6) is 11.5 Å². The molecule has 0 saturated carbocycles. The van der Waals surface area contributed by atoms with Crippen LogP contribution in [-0.2, 0) is 16.0 Å². The van der Waals surface area contributed by atoms with E-state index in [1.807, 2.05) is 24.3 Å². The van der Waals surface area contributed by atoms with Gasteiger partial charge in [-0.2, -0.15) is 0 Å². The number of halogens is 1.